The number of aromatic nitrogens is 2. The lowest BCUT2D eigenvalue weighted by Gasteiger charge is -2.13. The Balaban J connectivity index is 1.65. The van der Waals surface area contributed by atoms with Crippen molar-refractivity contribution in [3.8, 4) is 0 Å². The molecule has 0 aromatic carbocycles. The number of aryl methyl sites for hydroxylation is 1. The summed E-state index contributed by atoms with van der Waals surface area (Å²) in [4.78, 5) is 11.6. The molecule has 1 unspecified atom stereocenters. The molecule has 0 bridgehead atoms. The molecule has 1 heterocycles. The van der Waals surface area contributed by atoms with Crippen molar-refractivity contribution in [2.45, 2.75) is 38.3 Å². The normalized spacial score (nSPS) is 16.8. The number of hydrogen-bond donors (Lipinski definition) is 2. The zero-order chi connectivity index (χ0) is 12.3. The van der Waals surface area contributed by atoms with Crippen molar-refractivity contribution in [2.75, 3.05) is 6.54 Å². The minimum atomic E-state index is -0.126. The monoisotopic (exact) mass is 236 g/mol. The highest BCUT2D eigenvalue weighted by Crippen LogP contribution is 2.18. The maximum absolute atomic E-state index is 11.6. The Bertz CT molecular complexity index is 384. The third-order valence-electron chi connectivity index (χ3n) is 2.92. The first kappa shape index (κ1) is 12.1. The van der Waals surface area contributed by atoms with Crippen molar-refractivity contribution in [3.05, 3.63) is 18.0 Å². The summed E-state index contributed by atoms with van der Waals surface area (Å²) < 4.78 is 1.79. The molecule has 1 fully saturated rings. The van der Waals surface area contributed by atoms with Gasteiger partial charge >= 0.3 is 0 Å². The van der Waals surface area contributed by atoms with Crippen molar-refractivity contribution in [3.63, 3.8) is 0 Å². The number of carbonyl (C=O) groups is 1. The average Bonchev–Trinajstić information content (AvgIpc) is 3.00. The lowest BCUT2D eigenvalue weighted by molar-refractivity contribution is -0.122. The van der Waals surface area contributed by atoms with Crippen molar-refractivity contribution < 1.29 is 4.79 Å². The summed E-state index contributed by atoms with van der Waals surface area (Å²) in [6, 6.07) is 2.30. The van der Waals surface area contributed by atoms with E-state index in [9.17, 15) is 4.79 Å². The van der Waals surface area contributed by atoms with Gasteiger partial charge in [-0.05, 0) is 25.8 Å². The predicted octanol–water partition coefficient (Wildman–Crippen LogP) is 0.219. The molecule has 17 heavy (non-hydrogen) atoms. The second kappa shape index (κ2) is 5.31. The predicted molar refractivity (Wildman–Crippen MR) is 65.5 cm³/mol. The number of nitrogens with one attached hydrogen (secondary N) is 2. The van der Waals surface area contributed by atoms with Gasteiger partial charge in [-0.25, -0.2) is 0 Å². The molecule has 2 rings (SSSR count). The molecule has 1 atom stereocenters. The van der Waals surface area contributed by atoms with Crippen LogP contribution in [0.2, 0.25) is 0 Å². The van der Waals surface area contributed by atoms with E-state index < -0.39 is 0 Å². The van der Waals surface area contributed by atoms with Crippen LogP contribution in [-0.2, 0) is 18.3 Å². The molecule has 1 aliphatic carbocycles. The standard InChI is InChI=1S/C12H20N4O/c1-9(12(17)14-10-3-4-10)13-7-5-11-6-8-16(2)15-11/h6,8-10,13H,3-5,7H2,1-2H3,(H,14,17). The van der Waals surface area contributed by atoms with E-state index in [-0.39, 0.29) is 11.9 Å². The molecular formula is C12H20N4O. The Morgan fingerprint density at radius 2 is 2.41 bits per heavy atom. The van der Waals surface area contributed by atoms with Crippen LogP contribution in [0.4, 0.5) is 0 Å². The van der Waals surface area contributed by atoms with E-state index in [1.54, 1.807) is 4.68 Å². The maximum Gasteiger partial charge on any atom is 0.237 e. The molecule has 2 N–H and O–H groups in total. The minimum absolute atomic E-state index is 0.105. The molecule has 5 nitrogen and oxygen atoms in total. The molecule has 5 heteroatoms. The van der Waals surface area contributed by atoms with Crippen molar-refractivity contribution in [2.24, 2.45) is 7.05 Å². The van der Waals surface area contributed by atoms with E-state index in [2.05, 4.69) is 15.7 Å². The van der Waals surface area contributed by atoms with Gasteiger partial charge in [0.2, 0.25) is 5.91 Å². The largest absolute Gasteiger partial charge is 0.352 e. The zero-order valence-electron chi connectivity index (χ0n) is 10.4. The summed E-state index contributed by atoms with van der Waals surface area (Å²) in [5.41, 5.74) is 1.05. The number of nitrogens with zero attached hydrogens (tertiary/aromatic N) is 2. The van der Waals surface area contributed by atoms with Gasteiger partial charge in [0, 0.05) is 32.3 Å². The van der Waals surface area contributed by atoms with Crippen LogP contribution in [0.5, 0.6) is 0 Å². The molecule has 1 aromatic rings. The summed E-state index contributed by atoms with van der Waals surface area (Å²) in [5.74, 6) is 0.105. The maximum atomic E-state index is 11.6. The fraction of sp³-hybridized carbons (Fsp3) is 0.667. The summed E-state index contributed by atoms with van der Waals surface area (Å²) in [7, 11) is 1.91. The smallest absolute Gasteiger partial charge is 0.237 e. The summed E-state index contributed by atoms with van der Waals surface area (Å²) in [6.45, 7) is 2.67. The molecular weight excluding hydrogens is 216 g/mol. The van der Waals surface area contributed by atoms with E-state index in [1.165, 1.54) is 0 Å². The van der Waals surface area contributed by atoms with Crippen molar-refractivity contribution in [1.82, 2.24) is 20.4 Å². The van der Waals surface area contributed by atoms with E-state index in [4.69, 9.17) is 0 Å². The third-order valence-corrected chi connectivity index (χ3v) is 2.92. The van der Waals surface area contributed by atoms with Crippen LogP contribution in [0.3, 0.4) is 0 Å². The number of hydrogen-bond acceptors (Lipinski definition) is 3. The molecule has 1 aliphatic rings. The summed E-state index contributed by atoms with van der Waals surface area (Å²) >= 11 is 0. The van der Waals surface area contributed by atoms with Crippen LogP contribution in [0.25, 0.3) is 0 Å². The van der Waals surface area contributed by atoms with E-state index in [0.717, 1.165) is 31.5 Å². The highest BCUT2D eigenvalue weighted by molar-refractivity contribution is 5.81. The van der Waals surface area contributed by atoms with Gasteiger partial charge in [-0.15, -0.1) is 0 Å². The second-order valence-corrected chi connectivity index (χ2v) is 4.69. The molecule has 0 spiro atoms. The number of rotatable bonds is 6. The fourth-order valence-electron chi connectivity index (χ4n) is 1.66. The SMILES string of the molecule is CC(NCCc1ccn(C)n1)C(=O)NC1CC1. The molecule has 0 radical (unpaired) electrons. The number of amides is 1. The summed E-state index contributed by atoms with van der Waals surface area (Å²) in [6.07, 6.45) is 5.04. The second-order valence-electron chi connectivity index (χ2n) is 4.69. The van der Waals surface area contributed by atoms with Gasteiger partial charge in [0.05, 0.1) is 11.7 Å². The first-order valence-electron chi connectivity index (χ1n) is 6.17. The Labute approximate surface area is 102 Å². The molecule has 1 amide bonds. The minimum Gasteiger partial charge on any atom is -0.352 e. The molecule has 94 valence electrons. The Hall–Kier alpha value is -1.36. The zero-order valence-corrected chi connectivity index (χ0v) is 10.4. The van der Waals surface area contributed by atoms with Crippen LogP contribution in [0.15, 0.2) is 12.3 Å². The van der Waals surface area contributed by atoms with Gasteiger partial charge in [0.15, 0.2) is 0 Å². The molecule has 0 aliphatic heterocycles. The topological polar surface area (TPSA) is 59.0 Å². The highest BCUT2D eigenvalue weighted by atomic mass is 16.2. The Kier molecular flexibility index (Phi) is 3.78. The van der Waals surface area contributed by atoms with Gasteiger partial charge in [-0.1, -0.05) is 0 Å². The van der Waals surface area contributed by atoms with Crippen molar-refractivity contribution >= 4 is 5.91 Å². The average molecular weight is 236 g/mol. The van der Waals surface area contributed by atoms with Crippen LogP contribution < -0.4 is 10.6 Å². The molecule has 1 saturated carbocycles. The van der Waals surface area contributed by atoms with Gasteiger partial charge < -0.3 is 10.6 Å². The lowest BCUT2D eigenvalue weighted by Crippen LogP contribution is -2.43. The summed E-state index contributed by atoms with van der Waals surface area (Å²) in [5, 5.41) is 10.5. The Morgan fingerprint density at radius 1 is 1.65 bits per heavy atom. The van der Waals surface area contributed by atoms with Gasteiger partial charge in [0.25, 0.3) is 0 Å². The lowest BCUT2D eigenvalue weighted by atomic mass is 10.2. The van der Waals surface area contributed by atoms with E-state index in [0.29, 0.717) is 6.04 Å². The highest BCUT2D eigenvalue weighted by Gasteiger charge is 2.25. The third kappa shape index (κ3) is 3.85. The fourth-order valence-corrected chi connectivity index (χ4v) is 1.66. The first-order valence-corrected chi connectivity index (χ1v) is 6.17. The quantitative estimate of drug-likeness (QED) is 0.743. The van der Waals surface area contributed by atoms with E-state index in [1.807, 2.05) is 26.2 Å². The van der Waals surface area contributed by atoms with Crippen LogP contribution >= 0.6 is 0 Å². The van der Waals surface area contributed by atoms with Crippen LogP contribution in [0.1, 0.15) is 25.5 Å². The van der Waals surface area contributed by atoms with E-state index >= 15 is 0 Å². The van der Waals surface area contributed by atoms with Gasteiger partial charge in [-0.2, -0.15) is 5.10 Å². The van der Waals surface area contributed by atoms with Crippen LogP contribution in [-0.4, -0.2) is 34.3 Å². The molecule has 0 saturated heterocycles. The first-order chi connectivity index (χ1) is 8.15. The van der Waals surface area contributed by atoms with Gasteiger partial charge in [0.1, 0.15) is 0 Å². The number of carbonyl (C=O) groups excluding carboxylic acids is 1. The van der Waals surface area contributed by atoms with Crippen molar-refractivity contribution in [1.29, 1.82) is 0 Å². The van der Waals surface area contributed by atoms with Gasteiger partial charge in [-0.3, -0.25) is 9.48 Å². The van der Waals surface area contributed by atoms with Crippen LogP contribution in [0, 0.1) is 0 Å². The molecule has 1 aromatic heterocycles. The Morgan fingerprint density at radius 3 is 3.00 bits per heavy atom.